The smallest absolute Gasteiger partial charge is 0.262 e. The van der Waals surface area contributed by atoms with E-state index in [0.29, 0.717) is 11.4 Å². The summed E-state index contributed by atoms with van der Waals surface area (Å²) in [6.07, 6.45) is 1.51. The maximum absolute atomic E-state index is 12.2. The predicted octanol–water partition coefficient (Wildman–Crippen LogP) is 2.61. The minimum atomic E-state index is -0.224. The fourth-order valence-electron chi connectivity index (χ4n) is 2.49. The van der Waals surface area contributed by atoms with Crippen molar-refractivity contribution in [1.82, 2.24) is 20.2 Å². The summed E-state index contributed by atoms with van der Waals surface area (Å²) < 4.78 is 7.20. The zero-order valence-electron chi connectivity index (χ0n) is 14.4. The van der Waals surface area contributed by atoms with Gasteiger partial charge in [0.25, 0.3) is 5.91 Å². The van der Waals surface area contributed by atoms with E-state index in [0.717, 1.165) is 22.4 Å². The lowest BCUT2D eigenvalue weighted by molar-refractivity contribution is -0.118. The van der Waals surface area contributed by atoms with E-state index in [1.54, 1.807) is 4.68 Å². The van der Waals surface area contributed by atoms with E-state index in [1.807, 2.05) is 57.2 Å². The number of anilines is 1. The fourth-order valence-corrected chi connectivity index (χ4v) is 2.49. The van der Waals surface area contributed by atoms with Gasteiger partial charge in [-0.25, -0.2) is 4.68 Å². The van der Waals surface area contributed by atoms with Crippen LogP contribution in [0.15, 0.2) is 42.7 Å². The van der Waals surface area contributed by atoms with Crippen molar-refractivity contribution in [2.45, 2.75) is 20.8 Å². The number of carbonyl (C=O) groups is 1. The number of ether oxygens (including phenoxy) is 1. The van der Waals surface area contributed by atoms with E-state index in [1.165, 1.54) is 6.33 Å². The molecule has 1 heterocycles. The average molecular weight is 337 g/mol. The Morgan fingerprint density at radius 1 is 1.12 bits per heavy atom. The molecule has 0 saturated carbocycles. The summed E-state index contributed by atoms with van der Waals surface area (Å²) in [4.78, 5) is 12.2. The van der Waals surface area contributed by atoms with E-state index in [4.69, 9.17) is 4.74 Å². The van der Waals surface area contributed by atoms with Crippen molar-refractivity contribution in [2.24, 2.45) is 0 Å². The third kappa shape index (κ3) is 3.65. The molecule has 0 saturated heterocycles. The number of nitrogens with one attached hydrogen (secondary N) is 1. The number of amides is 1. The molecular weight excluding hydrogens is 318 g/mol. The molecule has 3 rings (SSSR count). The summed E-state index contributed by atoms with van der Waals surface area (Å²) >= 11 is 0. The largest absolute Gasteiger partial charge is 0.483 e. The number of benzene rings is 2. The second-order valence-electron chi connectivity index (χ2n) is 5.74. The first-order valence-corrected chi connectivity index (χ1v) is 7.88. The van der Waals surface area contributed by atoms with Crippen molar-refractivity contribution in [1.29, 1.82) is 0 Å². The van der Waals surface area contributed by atoms with Crippen molar-refractivity contribution >= 4 is 11.6 Å². The van der Waals surface area contributed by atoms with Crippen LogP contribution in [0.1, 0.15) is 16.7 Å². The van der Waals surface area contributed by atoms with E-state index < -0.39 is 0 Å². The third-order valence-electron chi connectivity index (χ3n) is 4.09. The lowest BCUT2D eigenvalue weighted by Crippen LogP contribution is -2.21. The van der Waals surface area contributed by atoms with E-state index in [2.05, 4.69) is 20.8 Å². The van der Waals surface area contributed by atoms with Gasteiger partial charge in [0.2, 0.25) is 0 Å². The molecule has 0 bridgehead atoms. The predicted molar refractivity (Wildman–Crippen MR) is 93.9 cm³/mol. The number of hydrogen-bond donors (Lipinski definition) is 1. The van der Waals surface area contributed by atoms with E-state index in [9.17, 15) is 4.79 Å². The molecule has 25 heavy (non-hydrogen) atoms. The van der Waals surface area contributed by atoms with Crippen LogP contribution >= 0.6 is 0 Å². The highest BCUT2D eigenvalue weighted by atomic mass is 16.5. The van der Waals surface area contributed by atoms with Gasteiger partial charge in [0.05, 0.1) is 5.69 Å². The lowest BCUT2D eigenvalue weighted by atomic mass is 10.1. The molecule has 0 unspecified atom stereocenters. The van der Waals surface area contributed by atoms with Crippen LogP contribution in [-0.4, -0.2) is 32.7 Å². The highest BCUT2D eigenvalue weighted by molar-refractivity contribution is 5.93. The Labute approximate surface area is 145 Å². The van der Waals surface area contributed by atoms with Gasteiger partial charge in [0, 0.05) is 5.69 Å². The lowest BCUT2D eigenvalue weighted by Gasteiger charge is -2.13. The first-order chi connectivity index (χ1) is 12.1. The number of aromatic nitrogens is 4. The monoisotopic (exact) mass is 337 g/mol. The van der Waals surface area contributed by atoms with Crippen LogP contribution in [0, 0.1) is 20.8 Å². The van der Waals surface area contributed by atoms with Crippen molar-refractivity contribution in [3.8, 4) is 11.4 Å². The number of tetrazole rings is 1. The van der Waals surface area contributed by atoms with Crippen LogP contribution in [0.2, 0.25) is 0 Å². The van der Waals surface area contributed by atoms with Gasteiger partial charge in [-0.1, -0.05) is 18.2 Å². The molecule has 0 aliphatic rings. The first-order valence-electron chi connectivity index (χ1n) is 7.88. The van der Waals surface area contributed by atoms with Crippen LogP contribution in [0.4, 0.5) is 5.69 Å². The van der Waals surface area contributed by atoms with Gasteiger partial charge in [-0.2, -0.15) is 0 Å². The molecule has 0 aliphatic heterocycles. The van der Waals surface area contributed by atoms with Crippen molar-refractivity contribution in [3.63, 3.8) is 0 Å². The van der Waals surface area contributed by atoms with Gasteiger partial charge in [0.1, 0.15) is 12.1 Å². The first kappa shape index (κ1) is 16.6. The summed E-state index contributed by atoms with van der Waals surface area (Å²) in [7, 11) is 0. The molecule has 7 nitrogen and oxygen atoms in total. The van der Waals surface area contributed by atoms with Crippen LogP contribution in [0.25, 0.3) is 5.69 Å². The minimum absolute atomic E-state index is 0.0567. The second kappa shape index (κ2) is 7.12. The molecule has 0 aliphatic carbocycles. The zero-order valence-corrected chi connectivity index (χ0v) is 14.4. The molecule has 7 heteroatoms. The standard InChI is InChI=1S/C18H19N5O2/c1-12-6-4-9-17(13(12)2)25-10-18(24)20-15-7-5-8-16(14(15)3)23-11-19-21-22-23/h4-9,11H,10H2,1-3H3,(H,20,24). The van der Waals surface area contributed by atoms with E-state index >= 15 is 0 Å². The Balaban J connectivity index is 1.69. The zero-order chi connectivity index (χ0) is 17.8. The number of rotatable bonds is 5. The molecule has 2 aromatic carbocycles. The quantitative estimate of drug-likeness (QED) is 0.774. The Morgan fingerprint density at radius 2 is 1.92 bits per heavy atom. The van der Waals surface area contributed by atoms with Gasteiger partial charge in [0.15, 0.2) is 6.61 Å². The molecule has 1 amide bonds. The summed E-state index contributed by atoms with van der Waals surface area (Å²) in [5, 5.41) is 14.0. The van der Waals surface area contributed by atoms with Gasteiger partial charge in [-0.05, 0) is 66.1 Å². The molecule has 1 aromatic heterocycles. The van der Waals surface area contributed by atoms with Crippen LogP contribution < -0.4 is 10.1 Å². The Kier molecular flexibility index (Phi) is 4.74. The maximum atomic E-state index is 12.2. The topological polar surface area (TPSA) is 81.9 Å². The van der Waals surface area contributed by atoms with E-state index in [-0.39, 0.29) is 12.5 Å². The van der Waals surface area contributed by atoms with Gasteiger partial charge in [-0.3, -0.25) is 4.79 Å². The summed E-state index contributed by atoms with van der Waals surface area (Å²) in [6.45, 7) is 5.83. The summed E-state index contributed by atoms with van der Waals surface area (Å²) in [6, 6.07) is 11.3. The van der Waals surface area contributed by atoms with Crippen LogP contribution in [0.5, 0.6) is 5.75 Å². The van der Waals surface area contributed by atoms with Gasteiger partial charge < -0.3 is 10.1 Å². The number of nitrogens with zero attached hydrogens (tertiary/aromatic N) is 4. The molecule has 1 N–H and O–H groups in total. The molecular formula is C18H19N5O2. The Bertz CT molecular complexity index is 890. The van der Waals surface area contributed by atoms with Gasteiger partial charge >= 0.3 is 0 Å². The summed E-state index contributed by atoms with van der Waals surface area (Å²) in [5.41, 5.74) is 4.53. The van der Waals surface area contributed by atoms with Crippen molar-refractivity contribution in [2.75, 3.05) is 11.9 Å². The maximum Gasteiger partial charge on any atom is 0.262 e. The second-order valence-corrected chi connectivity index (χ2v) is 5.74. The molecule has 3 aromatic rings. The number of aryl methyl sites for hydroxylation is 1. The SMILES string of the molecule is Cc1cccc(OCC(=O)Nc2cccc(-n3cnnn3)c2C)c1C. The third-order valence-corrected chi connectivity index (χ3v) is 4.09. The Hall–Kier alpha value is -3.22. The number of carbonyl (C=O) groups excluding carboxylic acids is 1. The van der Waals surface area contributed by atoms with Crippen molar-refractivity contribution < 1.29 is 9.53 Å². The molecule has 0 spiro atoms. The molecule has 0 fully saturated rings. The van der Waals surface area contributed by atoms with Crippen molar-refractivity contribution in [3.05, 3.63) is 59.4 Å². The van der Waals surface area contributed by atoms with Crippen LogP contribution in [0.3, 0.4) is 0 Å². The van der Waals surface area contributed by atoms with Crippen LogP contribution in [-0.2, 0) is 4.79 Å². The molecule has 128 valence electrons. The highest BCUT2D eigenvalue weighted by Crippen LogP contribution is 2.22. The molecule has 0 atom stereocenters. The Morgan fingerprint density at radius 3 is 2.68 bits per heavy atom. The number of hydrogen-bond acceptors (Lipinski definition) is 5. The summed E-state index contributed by atoms with van der Waals surface area (Å²) in [5.74, 6) is 0.493. The van der Waals surface area contributed by atoms with Gasteiger partial charge in [-0.15, -0.1) is 5.10 Å². The normalized spacial score (nSPS) is 10.5. The average Bonchev–Trinajstić information content (AvgIpc) is 3.12. The highest BCUT2D eigenvalue weighted by Gasteiger charge is 2.11. The molecule has 0 radical (unpaired) electrons. The minimum Gasteiger partial charge on any atom is -0.483 e. The fraction of sp³-hybridized carbons (Fsp3) is 0.222.